The Bertz CT molecular complexity index is 505. The minimum atomic E-state index is 0.530. The molecule has 0 spiro atoms. The lowest BCUT2D eigenvalue weighted by Crippen LogP contribution is -2.14. The van der Waals surface area contributed by atoms with Gasteiger partial charge in [-0.05, 0) is 6.07 Å². The molecule has 0 bridgehead atoms. The molecular formula is C10H15N7. The first-order valence-corrected chi connectivity index (χ1v) is 5.27. The lowest BCUT2D eigenvalue weighted by Gasteiger charge is -2.04. The molecule has 0 atom stereocenters. The van der Waals surface area contributed by atoms with E-state index in [9.17, 15) is 0 Å². The Labute approximate surface area is 98.9 Å². The van der Waals surface area contributed by atoms with Crippen molar-refractivity contribution in [3.8, 4) is 11.3 Å². The average molecular weight is 233 g/mol. The number of hydrogen-bond donors (Lipinski definition) is 3. The van der Waals surface area contributed by atoms with E-state index in [1.807, 2.05) is 0 Å². The van der Waals surface area contributed by atoms with Crippen LogP contribution in [0.5, 0.6) is 0 Å². The number of nitrogens with one attached hydrogen (secondary N) is 1. The summed E-state index contributed by atoms with van der Waals surface area (Å²) in [5.41, 5.74) is 12.8. The summed E-state index contributed by atoms with van der Waals surface area (Å²) in [6.07, 6.45) is 3.36. The SMILES string of the molecule is Cn1ncc(-c2ccnc(NCCN)n2)c1N. The van der Waals surface area contributed by atoms with Gasteiger partial charge in [-0.1, -0.05) is 0 Å². The third kappa shape index (κ3) is 2.34. The average Bonchev–Trinajstić information content (AvgIpc) is 2.68. The van der Waals surface area contributed by atoms with E-state index >= 15 is 0 Å². The van der Waals surface area contributed by atoms with E-state index < -0.39 is 0 Å². The molecule has 2 aromatic heterocycles. The zero-order valence-corrected chi connectivity index (χ0v) is 9.59. The maximum atomic E-state index is 5.88. The van der Waals surface area contributed by atoms with Gasteiger partial charge in [0.15, 0.2) is 0 Å². The van der Waals surface area contributed by atoms with Crippen molar-refractivity contribution in [1.82, 2.24) is 19.7 Å². The molecule has 2 heterocycles. The number of hydrogen-bond acceptors (Lipinski definition) is 6. The Morgan fingerprint density at radius 3 is 2.94 bits per heavy atom. The van der Waals surface area contributed by atoms with Gasteiger partial charge in [-0.3, -0.25) is 4.68 Å². The van der Waals surface area contributed by atoms with E-state index in [-0.39, 0.29) is 0 Å². The molecule has 7 nitrogen and oxygen atoms in total. The van der Waals surface area contributed by atoms with Crippen molar-refractivity contribution in [3.05, 3.63) is 18.5 Å². The monoisotopic (exact) mass is 233 g/mol. The number of nitrogens with zero attached hydrogens (tertiary/aromatic N) is 4. The molecule has 2 aromatic rings. The van der Waals surface area contributed by atoms with Crippen LogP contribution >= 0.6 is 0 Å². The van der Waals surface area contributed by atoms with Gasteiger partial charge in [-0.15, -0.1) is 0 Å². The minimum Gasteiger partial charge on any atom is -0.383 e. The second-order valence-electron chi connectivity index (χ2n) is 3.55. The highest BCUT2D eigenvalue weighted by molar-refractivity contribution is 5.70. The van der Waals surface area contributed by atoms with Gasteiger partial charge in [-0.25, -0.2) is 9.97 Å². The van der Waals surface area contributed by atoms with Crippen LogP contribution in [0.3, 0.4) is 0 Å². The van der Waals surface area contributed by atoms with Gasteiger partial charge in [0.2, 0.25) is 5.95 Å². The first-order valence-electron chi connectivity index (χ1n) is 5.27. The molecule has 5 N–H and O–H groups in total. The van der Waals surface area contributed by atoms with Crippen molar-refractivity contribution in [2.75, 3.05) is 24.1 Å². The Morgan fingerprint density at radius 1 is 1.47 bits per heavy atom. The maximum Gasteiger partial charge on any atom is 0.223 e. The molecule has 0 fully saturated rings. The Kier molecular flexibility index (Phi) is 3.20. The number of aryl methyl sites for hydroxylation is 1. The fraction of sp³-hybridized carbons (Fsp3) is 0.300. The molecule has 0 aliphatic rings. The summed E-state index contributed by atoms with van der Waals surface area (Å²) in [6, 6.07) is 1.79. The summed E-state index contributed by atoms with van der Waals surface area (Å²) in [7, 11) is 1.79. The van der Waals surface area contributed by atoms with Crippen LogP contribution < -0.4 is 16.8 Å². The summed E-state index contributed by atoms with van der Waals surface area (Å²) in [5, 5.41) is 7.09. The van der Waals surface area contributed by atoms with Gasteiger partial charge < -0.3 is 16.8 Å². The number of anilines is 2. The molecule has 90 valence electrons. The van der Waals surface area contributed by atoms with E-state index in [1.54, 1.807) is 30.2 Å². The first-order chi connectivity index (χ1) is 8.22. The summed E-state index contributed by atoms with van der Waals surface area (Å²) in [4.78, 5) is 8.44. The number of nitrogens with two attached hydrogens (primary N) is 2. The molecule has 0 amide bonds. The molecule has 2 rings (SSSR count). The lowest BCUT2D eigenvalue weighted by atomic mass is 10.2. The van der Waals surface area contributed by atoms with Crippen LogP contribution in [-0.2, 0) is 7.05 Å². The van der Waals surface area contributed by atoms with Crippen molar-refractivity contribution in [2.45, 2.75) is 0 Å². The largest absolute Gasteiger partial charge is 0.383 e. The van der Waals surface area contributed by atoms with E-state index in [2.05, 4.69) is 20.4 Å². The molecule has 17 heavy (non-hydrogen) atoms. The highest BCUT2D eigenvalue weighted by Gasteiger charge is 2.09. The van der Waals surface area contributed by atoms with Gasteiger partial charge >= 0.3 is 0 Å². The summed E-state index contributed by atoms with van der Waals surface area (Å²) >= 11 is 0. The van der Waals surface area contributed by atoms with E-state index in [1.165, 1.54) is 0 Å². The number of nitrogen functional groups attached to an aromatic ring is 1. The van der Waals surface area contributed by atoms with E-state index in [4.69, 9.17) is 11.5 Å². The standard InChI is InChI=1S/C10H15N7/c1-17-9(12)7(6-15-17)8-2-4-13-10(16-8)14-5-3-11/h2,4,6H,3,5,11-12H2,1H3,(H,13,14,16). The van der Waals surface area contributed by atoms with Crippen molar-refractivity contribution >= 4 is 11.8 Å². The second-order valence-corrected chi connectivity index (χ2v) is 3.55. The molecule has 0 radical (unpaired) electrons. The molecule has 0 aromatic carbocycles. The predicted octanol–water partition coefficient (Wildman–Crippen LogP) is -0.170. The van der Waals surface area contributed by atoms with Crippen LogP contribution in [0.2, 0.25) is 0 Å². The van der Waals surface area contributed by atoms with Gasteiger partial charge in [0.05, 0.1) is 17.5 Å². The lowest BCUT2D eigenvalue weighted by molar-refractivity contribution is 0.779. The quantitative estimate of drug-likeness (QED) is 0.676. The molecule has 0 saturated carbocycles. The van der Waals surface area contributed by atoms with Gasteiger partial charge in [0.1, 0.15) is 5.82 Å². The summed E-state index contributed by atoms with van der Waals surface area (Å²) in [5.74, 6) is 1.12. The number of aromatic nitrogens is 4. The third-order valence-corrected chi connectivity index (χ3v) is 2.34. The van der Waals surface area contributed by atoms with Crippen LogP contribution in [0.1, 0.15) is 0 Å². The highest BCUT2D eigenvalue weighted by Crippen LogP contribution is 2.23. The van der Waals surface area contributed by atoms with Gasteiger partial charge in [0.25, 0.3) is 0 Å². The fourth-order valence-electron chi connectivity index (χ4n) is 1.42. The zero-order valence-electron chi connectivity index (χ0n) is 9.59. The molecule has 7 heteroatoms. The van der Waals surface area contributed by atoms with Crippen molar-refractivity contribution in [2.24, 2.45) is 12.8 Å². The summed E-state index contributed by atoms with van der Waals surface area (Å²) < 4.78 is 1.60. The van der Waals surface area contributed by atoms with Crippen LogP contribution in [-0.4, -0.2) is 32.8 Å². The van der Waals surface area contributed by atoms with Gasteiger partial charge in [-0.2, -0.15) is 5.10 Å². The fourth-order valence-corrected chi connectivity index (χ4v) is 1.42. The Balaban J connectivity index is 2.30. The predicted molar refractivity (Wildman–Crippen MR) is 66.2 cm³/mol. The van der Waals surface area contributed by atoms with Crippen LogP contribution in [0, 0.1) is 0 Å². The van der Waals surface area contributed by atoms with Crippen LogP contribution in [0.15, 0.2) is 18.5 Å². The van der Waals surface area contributed by atoms with Crippen molar-refractivity contribution < 1.29 is 0 Å². The number of rotatable bonds is 4. The Hall–Kier alpha value is -2.15. The van der Waals surface area contributed by atoms with Crippen molar-refractivity contribution in [3.63, 3.8) is 0 Å². The van der Waals surface area contributed by atoms with E-state index in [0.717, 1.165) is 11.3 Å². The second kappa shape index (κ2) is 4.79. The zero-order chi connectivity index (χ0) is 12.3. The normalized spacial score (nSPS) is 10.5. The van der Waals surface area contributed by atoms with Gasteiger partial charge in [0, 0.05) is 26.3 Å². The molecule has 0 aliphatic carbocycles. The highest BCUT2D eigenvalue weighted by atomic mass is 15.3. The topological polar surface area (TPSA) is 108 Å². The molecule has 0 saturated heterocycles. The van der Waals surface area contributed by atoms with E-state index in [0.29, 0.717) is 24.9 Å². The third-order valence-electron chi connectivity index (χ3n) is 2.34. The first kappa shape index (κ1) is 11.3. The minimum absolute atomic E-state index is 0.530. The molecular weight excluding hydrogens is 218 g/mol. The smallest absolute Gasteiger partial charge is 0.223 e. The van der Waals surface area contributed by atoms with Crippen LogP contribution in [0.4, 0.5) is 11.8 Å². The molecule has 0 unspecified atom stereocenters. The summed E-state index contributed by atoms with van der Waals surface area (Å²) in [6.45, 7) is 1.16. The van der Waals surface area contributed by atoms with Crippen LogP contribution in [0.25, 0.3) is 11.3 Å². The Morgan fingerprint density at radius 2 is 2.29 bits per heavy atom. The van der Waals surface area contributed by atoms with Crippen molar-refractivity contribution in [1.29, 1.82) is 0 Å². The maximum absolute atomic E-state index is 5.88. The molecule has 0 aliphatic heterocycles.